The van der Waals surface area contributed by atoms with E-state index in [0.29, 0.717) is 24.9 Å². The number of benzene rings is 1. The molecule has 0 saturated carbocycles. The van der Waals surface area contributed by atoms with Crippen LogP contribution in [0.15, 0.2) is 24.3 Å². The fourth-order valence-electron chi connectivity index (χ4n) is 3.28. The Morgan fingerprint density at radius 1 is 1.30 bits per heavy atom. The second-order valence-electron chi connectivity index (χ2n) is 7.37. The number of nitrogens with zero attached hydrogens (tertiary/aromatic N) is 1. The highest BCUT2D eigenvalue weighted by molar-refractivity contribution is 7.91. The number of sulfone groups is 1. The van der Waals surface area contributed by atoms with Crippen LogP contribution in [0, 0.1) is 11.2 Å². The molecule has 1 aliphatic heterocycles. The van der Waals surface area contributed by atoms with Crippen molar-refractivity contribution in [2.75, 3.05) is 24.6 Å². The predicted molar refractivity (Wildman–Crippen MR) is 101 cm³/mol. The zero-order valence-corrected chi connectivity index (χ0v) is 16.8. The van der Waals surface area contributed by atoms with Gasteiger partial charge in [-0.15, -0.1) is 0 Å². The zero-order valence-electron chi connectivity index (χ0n) is 16.0. The number of halogens is 1. The van der Waals surface area contributed by atoms with Gasteiger partial charge in [-0.2, -0.15) is 0 Å². The Balaban J connectivity index is 1.99. The molecule has 0 spiro atoms. The van der Waals surface area contributed by atoms with E-state index in [1.54, 1.807) is 25.1 Å². The van der Waals surface area contributed by atoms with Gasteiger partial charge in [0.1, 0.15) is 11.2 Å². The van der Waals surface area contributed by atoms with Gasteiger partial charge in [0.05, 0.1) is 11.5 Å². The summed E-state index contributed by atoms with van der Waals surface area (Å²) >= 11 is 0. The molecule has 2 amide bonds. The second kappa shape index (κ2) is 8.37. The first-order valence-corrected chi connectivity index (χ1v) is 10.9. The molecule has 1 N–H and O–H groups in total. The van der Waals surface area contributed by atoms with Crippen LogP contribution in [0.3, 0.4) is 0 Å². The van der Waals surface area contributed by atoms with E-state index in [0.717, 1.165) is 0 Å². The van der Waals surface area contributed by atoms with E-state index >= 15 is 0 Å². The fourth-order valence-corrected chi connectivity index (χ4v) is 5.01. The van der Waals surface area contributed by atoms with Gasteiger partial charge in [0.25, 0.3) is 0 Å². The smallest absolute Gasteiger partial charge is 0.237 e. The third-order valence-electron chi connectivity index (χ3n) is 4.99. The normalized spacial score (nSPS) is 18.9. The lowest BCUT2D eigenvalue weighted by Crippen LogP contribution is -2.53. The van der Waals surface area contributed by atoms with Crippen molar-refractivity contribution in [2.45, 2.75) is 39.7 Å². The van der Waals surface area contributed by atoms with Crippen LogP contribution in [0.2, 0.25) is 0 Å². The van der Waals surface area contributed by atoms with Gasteiger partial charge in [-0.25, -0.2) is 12.8 Å². The molecule has 0 bridgehead atoms. The Morgan fingerprint density at radius 3 is 2.52 bits per heavy atom. The van der Waals surface area contributed by atoms with Crippen molar-refractivity contribution in [3.63, 3.8) is 0 Å². The fraction of sp³-hybridized carbons (Fsp3) is 0.579. The highest BCUT2D eigenvalue weighted by atomic mass is 32.2. The van der Waals surface area contributed by atoms with Crippen molar-refractivity contribution in [2.24, 2.45) is 5.41 Å². The molecule has 1 fully saturated rings. The minimum absolute atomic E-state index is 0.0580. The molecule has 8 heteroatoms. The number of hydrogen-bond donors (Lipinski definition) is 1. The SMILES string of the molecule is CCN(C(=O)C(C)(C)C(=O)NCCc1ccccc1F)C1CCS(=O)(=O)C1. The third-order valence-corrected chi connectivity index (χ3v) is 6.74. The van der Waals surface area contributed by atoms with Crippen LogP contribution in [0.5, 0.6) is 0 Å². The molecule has 0 radical (unpaired) electrons. The molecule has 27 heavy (non-hydrogen) atoms. The average Bonchev–Trinajstić information content (AvgIpc) is 2.96. The number of hydrogen-bond acceptors (Lipinski definition) is 4. The zero-order chi connectivity index (χ0) is 20.2. The Hall–Kier alpha value is -1.96. The van der Waals surface area contributed by atoms with E-state index in [-0.39, 0.29) is 23.9 Å². The molecule has 2 rings (SSSR count). The summed E-state index contributed by atoms with van der Waals surface area (Å²) in [5, 5.41) is 2.69. The highest BCUT2D eigenvalue weighted by Gasteiger charge is 2.43. The van der Waals surface area contributed by atoms with Gasteiger partial charge in [-0.3, -0.25) is 9.59 Å². The number of carbonyl (C=O) groups excluding carboxylic acids is 2. The maximum atomic E-state index is 13.6. The molecular formula is C19H27FN2O4S. The summed E-state index contributed by atoms with van der Waals surface area (Å²) in [4.78, 5) is 27.0. The van der Waals surface area contributed by atoms with Crippen molar-refractivity contribution in [1.29, 1.82) is 0 Å². The lowest BCUT2D eigenvalue weighted by molar-refractivity contribution is -0.149. The van der Waals surface area contributed by atoms with Crippen molar-refractivity contribution in [3.8, 4) is 0 Å². The summed E-state index contributed by atoms with van der Waals surface area (Å²) in [7, 11) is -3.13. The van der Waals surface area contributed by atoms with Crippen molar-refractivity contribution < 1.29 is 22.4 Å². The van der Waals surface area contributed by atoms with Gasteiger partial charge >= 0.3 is 0 Å². The first kappa shape index (κ1) is 21.3. The Labute approximate surface area is 160 Å². The van der Waals surface area contributed by atoms with Gasteiger partial charge in [0.15, 0.2) is 9.84 Å². The van der Waals surface area contributed by atoms with Crippen LogP contribution in [0.1, 0.15) is 32.8 Å². The van der Waals surface area contributed by atoms with Gasteiger partial charge in [0.2, 0.25) is 11.8 Å². The van der Waals surface area contributed by atoms with Crippen LogP contribution < -0.4 is 5.32 Å². The predicted octanol–water partition coefficient (Wildman–Crippen LogP) is 1.55. The third kappa shape index (κ3) is 5.06. The number of rotatable bonds is 7. The van der Waals surface area contributed by atoms with Crippen LogP contribution in [0.4, 0.5) is 4.39 Å². The van der Waals surface area contributed by atoms with Gasteiger partial charge in [-0.05, 0) is 45.2 Å². The molecule has 1 aliphatic rings. The first-order valence-electron chi connectivity index (χ1n) is 9.11. The van der Waals surface area contributed by atoms with E-state index < -0.39 is 33.1 Å². The van der Waals surface area contributed by atoms with E-state index in [1.807, 2.05) is 0 Å². The summed E-state index contributed by atoms with van der Waals surface area (Å²) in [6.07, 6.45) is 0.716. The maximum Gasteiger partial charge on any atom is 0.237 e. The molecular weight excluding hydrogens is 371 g/mol. The lowest BCUT2D eigenvalue weighted by Gasteiger charge is -2.34. The molecule has 150 valence electrons. The molecule has 0 aliphatic carbocycles. The number of nitrogens with one attached hydrogen (secondary N) is 1. The standard InChI is InChI=1S/C19H27FN2O4S/c1-4-22(15-10-12-27(25,26)13-15)18(24)19(2,3)17(23)21-11-9-14-7-5-6-8-16(14)20/h5-8,15H,4,9-13H2,1-3H3,(H,21,23). The van der Waals surface area contributed by atoms with Crippen molar-refractivity contribution in [1.82, 2.24) is 10.2 Å². The van der Waals surface area contributed by atoms with Crippen LogP contribution in [-0.2, 0) is 25.8 Å². The quantitative estimate of drug-likeness (QED) is 0.707. The summed E-state index contributed by atoms with van der Waals surface area (Å²) < 4.78 is 37.1. The Morgan fingerprint density at radius 2 is 1.96 bits per heavy atom. The van der Waals surface area contributed by atoms with E-state index in [4.69, 9.17) is 0 Å². The molecule has 1 saturated heterocycles. The first-order chi connectivity index (χ1) is 12.6. The van der Waals surface area contributed by atoms with Crippen LogP contribution in [-0.4, -0.2) is 55.8 Å². The van der Waals surface area contributed by atoms with Gasteiger partial charge in [-0.1, -0.05) is 18.2 Å². The van der Waals surface area contributed by atoms with E-state index in [9.17, 15) is 22.4 Å². The highest BCUT2D eigenvalue weighted by Crippen LogP contribution is 2.25. The molecule has 1 aromatic carbocycles. The maximum absolute atomic E-state index is 13.6. The summed E-state index contributed by atoms with van der Waals surface area (Å²) in [5.41, 5.74) is -0.842. The van der Waals surface area contributed by atoms with Crippen LogP contribution in [0.25, 0.3) is 0 Å². The van der Waals surface area contributed by atoms with Gasteiger partial charge in [0, 0.05) is 19.1 Å². The molecule has 1 heterocycles. The average molecular weight is 399 g/mol. The van der Waals surface area contributed by atoms with Crippen LogP contribution >= 0.6 is 0 Å². The molecule has 0 aromatic heterocycles. The lowest BCUT2D eigenvalue weighted by atomic mass is 9.89. The minimum atomic E-state index is -3.13. The van der Waals surface area contributed by atoms with Crippen molar-refractivity contribution >= 4 is 21.7 Å². The Bertz CT molecular complexity index is 808. The number of carbonyl (C=O) groups is 2. The van der Waals surface area contributed by atoms with Gasteiger partial charge < -0.3 is 10.2 Å². The molecule has 1 unspecified atom stereocenters. The molecule has 1 atom stereocenters. The minimum Gasteiger partial charge on any atom is -0.355 e. The number of amides is 2. The van der Waals surface area contributed by atoms with E-state index in [2.05, 4.69) is 5.32 Å². The second-order valence-corrected chi connectivity index (χ2v) is 9.60. The summed E-state index contributed by atoms with van der Waals surface area (Å²) in [6, 6.07) is 5.94. The molecule has 1 aromatic rings. The summed E-state index contributed by atoms with van der Waals surface area (Å²) in [6.45, 7) is 5.38. The molecule has 6 nitrogen and oxygen atoms in total. The monoisotopic (exact) mass is 398 g/mol. The Kier molecular flexibility index (Phi) is 6.62. The summed E-state index contributed by atoms with van der Waals surface area (Å²) in [5.74, 6) is -1.17. The van der Waals surface area contributed by atoms with E-state index in [1.165, 1.54) is 24.8 Å². The topological polar surface area (TPSA) is 83.6 Å². The largest absolute Gasteiger partial charge is 0.355 e. The van der Waals surface area contributed by atoms with Crippen molar-refractivity contribution in [3.05, 3.63) is 35.6 Å².